The summed E-state index contributed by atoms with van der Waals surface area (Å²) in [6.45, 7) is 7.67. The molecule has 0 amide bonds. The van der Waals surface area contributed by atoms with Crippen molar-refractivity contribution in [3.05, 3.63) is 34.9 Å². The Morgan fingerprint density at radius 2 is 2.00 bits per heavy atom. The van der Waals surface area contributed by atoms with Crippen molar-refractivity contribution in [2.24, 2.45) is 0 Å². The summed E-state index contributed by atoms with van der Waals surface area (Å²) in [5, 5.41) is 0. The van der Waals surface area contributed by atoms with Crippen molar-refractivity contribution in [1.29, 1.82) is 0 Å². The highest BCUT2D eigenvalue weighted by atomic mass is 79.9. The summed E-state index contributed by atoms with van der Waals surface area (Å²) >= 11 is 3.39. The van der Waals surface area contributed by atoms with Crippen molar-refractivity contribution in [2.45, 2.75) is 13.8 Å². The molecule has 0 aliphatic heterocycles. The first-order chi connectivity index (χ1) is 4.18. The van der Waals surface area contributed by atoms with E-state index in [2.05, 4.69) is 36.4 Å². The van der Waals surface area contributed by atoms with E-state index in [9.17, 15) is 0 Å². The summed E-state index contributed by atoms with van der Waals surface area (Å²) in [4.78, 5) is 0. The number of allylic oxidation sites excluding steroid dienone is 5. The Hall–Kier alpha value is -0.300. The highest BCUT2D eigenvalue weighted by Crippen LogP contribution is 2.11. The normalized spacial score (nSPS) is 9.67. The van der Waals surface area contributed by atoms with E-state index >= 15 is 0 Å². The standard InChI is InChI=1S/C8H11Br/c1-4-5-6-8(9)7(2)3/h4-6H,1H2,2-3H3. The molecule has 0 saturated carbocycles. The molecule has 0 aliphatic rings. The van der Waals surface area contributed by atoms with Crippen LogP contribution in [0.15, 0.2) is 34.9 Å². The first kappa shape index (κ1) is 8.70. The minimum absolute atomic E-state index is 1.13. The van der Waals surface area contributed by atoms with Crippen molar-refractivity contribution in [3.8, 4) is 0 Å². The quantitative estimate of drug-likeness (QED) is 0.581. The Bertz CT molecular complexity index is 148. The number of hydrogen-bond donors (Lipinski definition) is 0. The Morgan fingerprint density at radius 3 is 2.33 bits per heavy atom. The number of rotatable bonds is 2. The first-order valence-corrected chi connectivity index (χ1v) is 3.60. The molecule has 0 spiro atoms. The van der Waals surface area contributed by atoms with E-state index in [1.165, 1.54) is 5.57 Å². The molecule has 0 saturated heterocycles. The second kappa shape index (κ2) is 4.57. The summed E-state index contributed by atoms with van der Waals surface area (Å²) in [6, 6.07) is 0. The highest BCUT2D eigenvalue weighted by molar-refractivity contribution is 9.11. The summed E-state index contributed by atoms with van der Waals surface area (Å²) < 4.78 is 1.13. The fourth-order valence-corrected chi connectivity index (χ4v) is 0.472. The average Bonchev–Trinajstić information content (AvgIpc) is 1.82. The lowest BCUT2D eigenvalue weighted by molar-refractivity contribution is 1.38. The van der Waals surface area contributed by atoms with Gasteiger partial charge in [-0.1, -0.05) is 40.2 Å². The van der Waals surface area contributed by atoms with Gasteiger partial charge in [0, 0.05) is 4.48 Å². The van der Waals surface area contributed by atoms with Gasteiger partial charge in [-0.2, -0.15) is 0 Å². The number of hydrogen-bond acceptors (Lipinski definition) is 0. The lowest BCUT2D eigenvalue weighted by Crippen LogP contribution is -1.66. The van der Waals surface area contributed by atoms with Gasteiger partial charge >= 0.3 is 0 Å². The molecule has 0 heterocycles. The van der Waals surface area contributed by atoms with Crippen LogP contribution >= 0.6 is 15.9 Å². The van der Waals surface area contributed by atoms with Gasteiger partial charge in [-0.05, 0) is 19.9 Å². The molecular formula is C8H11Br. The maximum atomic E-state index is 3.56. The molecular weight excluding hydrogens is 176 g/mol. The summed E-state index contributed by atoms with van der Waals surface area (Å²) in [6.07, 6.45) is 5.63. The molecule has 0 unspecified atom stereocenters. The summed E-state index contributed by atoms with van der Waals surface area (Å²) in [7, 11) is 0. The van der Waals surface area contributed by atoms with Gasteiger partial charge in [-0.25, -0.2) is 0 Å². The first-order valence-electron chi connectivity index (χ1n) is 2.80. The van der Waals surface area contributed by atoms with E-state index in [-0.39, 0.29) is 0 Å². The maximum Gasteiger partial charge on any atom is 0.0161 e. The molecule has 50 valence electrons. The van der Waals surface area contributed by atoms with Gasteiger partial charge in [0.25, 0.3) is 0 Å². The molecule has 0 rings (SSSR count). The Morgan fingerprint density at radius 1 is 1.44 bits per heavy atom. The number of halogens is 1. The molecule has 0 aromatic heterocycles. The molecule has 0 aromatic carbocycles. The van der Waals surface area contributed by atoms with Crippen molar-refractivity contribution in [3.63, 3.8) is 0 Å². The topological polar surface area (TPSA) is 0 Å². The maximum absolute atomic E-state index is 3.56. The third-order valence-electron chi connectivity index (χ3n) is 0.856. The highest BCUT2D eigenvalue weighted by Gasteiger charge is 1.83. The Kier molecular flexibility index (Phi) is 4.41. The van der Waals surface area contributed by atoms with Crippen molar-refractivity contribution in [2.75, 3.05) is 0 Å². The van der Waals surface area contributed by atoms with Gasteiger partial charge in [0.1, 0.15) is 0 Å². The zero-order valence-electron chi connectivity index (χ0n) is 5.82. The van der Waals surface area contributed by atoms with E-state index in [1.807, 2.05) is 12.2 Å². The molecule has 9 heavy (non-hydrogen) atoms. The summed E-state index contributed by atoms with van der Waals surface area (Å²) in [5.41, 5.74) is 1.27. The SMILES string of the molecule is C=CC=CC(Br)=C(C)C. The second-order valence-electron chi connectivity index (χ2n) is 1.94. The Labute approximate surface area is 65.1 Å². The van der Waals surface area contributed by atoms with Crippen LogP contribution in [0.3, 0.4) is 0 Å². The van der Waals surface area contributed by atoms with E-state index in [4.69, 9.17) is 0 Å². The minimum atomic E-state index is 1.13. The van der Waals surface area contributed by atoms with Crippen LogP contribution in [0.2, 0.25) is 0 Å². The van der Waals surface area contributed by atoms with Crippen LogP contribution < -0.4 is 0 Å². The largest absolute Gasteiger partial charge is 0.0991 e. The van der Waals surface area contributed by atoms with Crippen LogP contribution in [0.25, 0.3) is 0 Å². The predicted molar refractivity (Wildman–Crippen MR) is 46.6 cm³/mol. The molecule has 0 atom stereocenters. The van der Waals surface area contributed by atoms with Crippen LogP contribution in [0.4, 0.5) is 0 Å². The van der Waals surface area contributed by atoms with Gasteiger partial charge in [-0.3, -0.25) is 0 Å². The molecule has 0 bridgehead atoms. The smallest absolute Gasteiger partial charge is 0.0161 e. The van der Waals surface area contributed by atoms with Gasteiger partial charge < -0.3 is 0 Å². The van der Waals surface area contributed by atoms with Crippen molar-refractivity contribution in [1.82, 2.24) is 0 Å². The van der Waals surface area contributed by atoms with Crippen LogP contribution in [0.5, 0.6) is 0 Å². The Balaban J connectivity index is 4.06. The minimum Gasteiger partial charge on any atom is -0.0991 e. The van der Waals surface area contributed by atoms with Crippen molar-refractivity contribution >= 4 is 15.9 Å². The van der Waals surface area contributed by atoms with Crippen LogP contribution in [0.1, 0.15) is 13.8 Å². The molecule has 0 N–H and O–H groups in total. The third-order valence-corrected chi connectivity index (χ3v) is 1.91. The third kappa shape index (κ3) is 4.22. The monoisotopic (exact) mass is 186 g/mol. The van der Waals surface area contributed by atoms with Gasteiger partial charge in [0.05, 0.1) is 0 Å². The molecule has 0 radical (unpaired) electrons. The van der Waals surface area contributed by atoms with Crippen molar-refractivity contribution < 1.29 is 0 Å². The molecule has 0 aromatic rings. The van der Waals surface area contributed by atoms with Gasteiger partial charge in [-0.15, -0.1) is 0 Å². The molecule has 1 heteroatoms. The fraction of sp³-hybridized carbons (Fsp3) is 0.250. The summed E-state index contributed by atoms with van der Waals surface area (Å²) in [5.74, 6) is 0. The lowest BCUT2D eigenvalue weighted by atomic mass is 10.3. The second-order valence-corrected chi connectivity index (χ2v) is 2.80. The zero-order chi connectivity index (χ0) is 7.28. The lowest BCUT2D eigenvalue weighted by Gasteiger charge is -1.89. The molecule has 0 fully saturated rings. The van der Waals surface area contributed by atoms with E-state index in [0.717, 1.165) is 4.48 Å². The predicted octanol–water partition coefficient (Wildman–Crippen LogP) is 3.42. The van der Waals surface area contributed by atoms with Gasteiger partial charge in [0.2, 0.25) is 0 Å². The average molecular weight is 187 g/mol. The zero-order valence-corrected chi connectivity index (χ0v) is 7.40. The van der Waals surface area contributed by atoms with E-state index in [0.29, 0.717) is 0 Å². The van der Waals surface area contributed by atoms with E-state index in [1.54, 1.807) is 6.08 Å². The van der Waals surface area contributed by atoms with Crippen LogP contribution in [-0.2, 0) is 0 Å². The van der Waals surface area contributed by atoms with Crippen LogP contribution in [-0.4, -0.2) is 0 Å². The molecule has 0 nitrogen and oxygen atoms in total. The molecule has 0 aliphatic carbocycles. The fourth-order valence-electron chi connectivity index (χ4n) is 0.319. The van der Waals surface area contributed by atoms with Gasteiger partial charge in [0.15, 0.2) is 0 Å². The van der Waals surface area contributed by atoms with Crippen LogP contribution in [0, 0.1) is 0 Å². The van der Waals surface area contributed by atoms with E-state index < -0.39 is 0 Å².